The Morgan fingerprint density at radius 2 is 1.78 bits per heavy atom. The largest absolute Gasteiger partial charge is 0.424 e. The Balaban J connectivity index is 2.65. The van der Waals surface area contributed by atoms with E-state index in [1.165, 1.54) is 12.1 Å². The number of rotatable bonds is 4. The van der Waals surface area contributed by atoms with Crippen molar-refractivity contribution in [1.29, 1.82) is 0 Å². The van der Waals surface area contributed by atoms with Crippen LogP contribution in [0.25, 0.3) is 0 Å². The first-order chi connectivity index (χ1) is 8.43. The number of nitrogens with one attached hydrogen (secondary N) is 1. The lowest BCUT2D eigenvalue weighted by atomic mass is 10.3. The molecule has 0 heterocycles. The lowest BCUT2D eigenvalue weighted by molar-refractivity contribution is -0.135. The van der Waals surface area contributed by atoms with Gasteiger partial charge in [-0.2, -0.15) is 0 Å². The van der Waals surface area contributed by atoms with Gasteiger partial charge < -0.3 is 15.8 Å². The van der Waals surface area contributed by atoms with Crippen molar-refractivity contribution in [1.82, 2.24) is 5.32 Å². The summed E-state index contributed by atoms with van der Waals surface area (Å²) in [5.74, 6) is -1.10. The van der Waals surface area contributed by atoms with Gasteiger partial charge >= 0.3 is 5.97 Å². The maximum atomic E-state index is 11.4. The van der Waals surface area contributed by atoms with Crippen LogP contribution in [-0.4, -0.2) is 25.0 Å². The number of esters is 1. The Kier molecular flexibility index (Phi) is 5.68. The molecule has 0 fully saturated rings. The molecular weight excluding hydrogens is 302 g/mol. The molecule has 3 N–H and O–H groups in total. The van der Waals surface area contributed by atoms with Crippen LogP contribution in [0.4, 0.5) is 0 Å². The van der Waals surface area contributed by atoms with Crippen LogP contribution in [0.1, 0.15) is 0 Å². The molecule has 5 nitrogen and oxygen atoms in total. The average Bonchev–Trinajstić information content (AvgIpc) is 2.33. The predicted molar refractivity (Wildman–Crippen MR) is 69.2 cm³/mol. The zero-order valence-corrected chi connectivity index (χ0v) is 11.3. The zero-order chi connectivity index (χ0) is 13.7. The average molecular weight is 312 g/mol. The molecule has 0 spiro atoms. The molecule has 0 radical (unpaired) electrons. The van der Waals surface area contributed by atoms with Crippen LogP contribution in [0.5, 0.6) is 5.75 Å². The van der Waals surface area contributed by atoms with E-state index >= 15 is 0 Å². The van der Waals surface area contributed by atoms with E-state index in [9.17, 15) is 9.59 Å². The summed E-state index contributed by atoms with van der Waals surface area (Å²) in [5.41, 5.74) is 5.05. The topological polar surface area (TPSA) is 81.4 Å². The van der Waals surface area contributed by atoms with Crippen molar-refractivity contribution >= 4 is 46.7 Å². The summed E-state index contributed by atoms with van der Waals surface area (Å²) < 4.78 is 4.91. The van der Waals surface area contributed by atoms with Crippen molar-refractivity contribution in [3.8, 4) is 5.75 Å². The van der Waals surface area contributed by atoms with Crippen molar-refractivity contribution in [3.05, 3.63) is 27.2 Å². The SMILES string of the molecule is NCC(=O)NCC(=O)Oc1cc(Cl)c(Cl)cc1Cl. The summed E-state index contributed by atoms with van der Waals surface area (Å²) in [6.45, 7) is -0.520. The molecule has 0 aliphatic rings. The molecule has 0 saturated carbocycles. The summed E-state index contributed by atoms with van der Waals surface area (Å²) in [6.07, 6.45) is 0. The van der Waals surface area contributed by atoms with Gasteiger partial charge in [-0.25, -0.2) is 4.79 Å². The molecule has 1 aromatic carbocycles. The molecule has 1 rings (SSSR count). The quantitative estimate of drug-likeness (QED) is 0.503. The standard InChI is InChI=1S/C10H9Cl3N2O3/c11-5-1-7(13)8(2-6(5)12)18-10(17)4-15-9(16)3-14/h1-2H,3-4,14H2,(H,15,16). The summed E-state index contributed by atoms with van der Waals surface area (Å²) in [5, 5.41) is 2.85. The highest BCUT2D eigenvalue weighted by molar-refractivity contribution is 6.43. The fourth-order valence-electron chi connectivity index (χ4n) is 0.984. The Bertz CT molecular complexity index is 480. The van der Waals surface area contributed by atoms with Crippen LogP contribution in [0.2, 0.25) is 15.1 Å². The monoisotopic (exact) mass is 310 g/mol. The Morgan fingerprint density at radius 3 is 2.39 bits per heavy atom. The molecule has 0 aliphatic heterocycles. The first-order valence-electron chi connectivity index (χ1n) is 4.76. The first kappa shape index (κ1) is 15.0. The molecular formula is C10H9Cl3N2O3. The smallest absolute Gasteiger partial charge is 0.330 e. The van der Waals surface area contributed by atoms with Crippen LogP contribution < -0.4 is 15.8 Å². The molecule has 8 heteroatoms. The number of ether oxygens (including phenoxy) is 1. The second kappa shape index (κ2) is 6.80. The Labute approximate surface area is 118 Å². The van der Waals surface area contributed by atoms with E-state index in [-0.39, 0.29) is 33.9 Å². The molecule has 0 aliphatic carbocycles. The van der Waals surface area contributed by atoms with E-state index in [1.54, 1.807) is 0 Å². The number of carbonyl (C=O) groups is 2. The van der Waals surface area contributed by atoms with Gasteiger partial charge in [-0.1, -0.05) is 34.8 Å². The van der Waals surface area contributed by atoms with E-state index < -0.39 is 11.9 Å². The highest BCUT2D eigenvalue weighted by atomic mass is 35.5. The van der Waals surface area contributed by atoms with Gasteiger partial charge in [0.25, 0.3) is 0 Å². The molecule has 18 heavy (non-hydrogen) atoms. The van der Waals surface area contributed by atoms with Gasteiger partial charge in [-0.3, -0.25) is 4.79 Å². The van der Waals surface area contributed by atoms with Crippen LogP contribution in [0.3, 0.4) is 0 Å². The molecule has 98 valence electrons. The molecule has 0 bridgehead atoms. The number of amides is 1. The van der Waals surface area contributed by atoms with Gasteiger partial charge in [0.15, 0.2) is 5.75 Å². The number of benzene rings is 1. The summed E-state index contributed by atoms with van der Waals surface area (Å²) in [7, 11) is 0. The molecule has 0 saturated heterocycles. The first-order valence-corrected chi connectivity index (χ1v) is 5.89. The molecule has 1 aromatic rings. The van der Waals surface area contributed by atoms with Gasteiger partial charge in [0.2, 0.25) is 5.91 Å². The fraction of sp³-hybridized carbons (Fsp3) is 0.200. The minimum atomic E-state index is -0.697. The van der Waals surface area contributed by atoms with Crippen LogP contribution >= 0.6 is 34.8 Å². The Morgan fingerprint density at radius 1 is 1.17 bits per heavy atom. The van der Waals surface area contributed by atoms with E-state index in [2.05, 4.69) is 5.32 Å². The maximum Gasteiger partial charge on any atom is 0.330 e. The number of carbonyl (C=O) groups excluding carboxylic acids is 2. The molecule has 0 unspecified atom stereocenters. The Hall–Kier alpha value is -1.01. The van der Waals surface area contributed by atoms with Crippen LogP contribution in [0.15, 0.2) is 12.1 Å². The van der Waals surface area contributed by atoms with Gasteiger partial charge in [0, 0.05) is 6.07 Å². The number of hydrogen-bond acceptors (Lipinski definition) is 4. The summed E-state index contributed by atoms with van der Waals surface area (Å²) in [6, 6.07) is 2.67. The van der Waals surface area contributed by atoms with E-state index in [1.807, 2.05) is 0 Å². The van der Waals surface area contributed by atoms with E-state index in [0.29, 0.717) is 0 Å². The van der Waals surface area contributed by atoms with Crippen molar-refractivity contribution in [2.45, 2.75) is 0 Å². The highest BCUT2D eigenvalue weighted by Gasteiger charge is 2.12. The van der Waals surface area contributed by atoms with E-state index in [0.717, 1.165) is 0 Å². The second-order valence-corrected chi connectivity index (χ2v) is 4.37. The second-order valence-electron chi connectivity index (χ2n) is 3.15. The minimum absolute atomic E-state index is 0.0677. The van der Waals surface area contributed by atoms with Crippen molar-refractivity contribution in [2.75, 3.05) is 13.1 Å². The fourth-order valence-corrected chi connectivity index (χ4v) is 1.56. The predicted octanol–water partition coefficient (Wildman–Crippen LogP) is 1.63. The summed E-state index contributed by atoms with van der Waals surface area (Å²) in [4.78, 5) is 22.2. The van der Waals surface area contributed by atoms with Crippen molar-refractivity contribution < 1.29 is 14.3 Å². The summed E-state index contributed by atoms with van der Waals surface area (Å²) >= 11 is 17.3. The van der Waals surface area contributed by atoms with Gasteiger partial charge in [-0.15, -0.1) is 0 Å². The lowest BCUT2D eigenvalue weighted by Gasteiger charge is -2.08. The third kappa shape index (κ3) is 4.34. The third-order valence-electron chi connectivity index (χ3n) is 1.81. The normalized spacial score (nSPS) is 10.0. The highest BCUT2D eigenvalue weighted by Crippen LogP contribution is 2.33. The zero-order valence-electron chi connectivity index (χ0n) is 9.00. The van der Waals surface area contributed by atoms with Gasteiger partial charge in [0.05, 0.1) is 21.6 Å². The lowest BCUT2D eigenvalue weighted by Crippen LogP contribution is -2.35. The van der Waals surface area contributed by atoms with Gasteiger partial charge in [-0.05, 0) is 6.07 Å². The van der Waals surface area contributed by atoms with Crippen molar-refractivity contribution in [3.63, 3.8) is 0 Å². The molecule has 0 aromatic heterocycles. The van der Waals surface area contributed by atoms with Crippen LogP contribution in [-0.2, 0) is 9.59 Å². The molecule has 1 amide bonds. The molecule has 0 atom stereocenters. The van der Waals surface area contributed by atoms with Crippen molar-refractivity contribution in [2.24, 2.45) is 5.73 Å². The van der Waals surface area contributed by atoms with Gasteiger partial charge in [0.1, 0.15) is 6.54 Å². The number of hydrogen-bond donors (Lipinski definition) is 2. The maximum absolute atomic E-state index is 11.4. The van der Waals surface area contributed by atoms with Crippen LogP contribution in [0, 0.1) is 0 Å². The number of nitrogens with two attached hydrogens (primary N) is 1. The minimum Gasteiger partial charge on any atom is -0.424 e. The number of halogens is 3. The third-order valence-corrected chi connectivity index (χ3v) is 2.83. The van der Waals surface area contributed by atoms with E-state index in [4.69, 9.17) is 45.3 Å².